The van der Waals surface area contributed by atoms with Crippen molar-refractivity contribution in [2.45, 2.75) is 19.4 Å². The Morgan fingerprint density at radius 2 is 1.95 bits per heavy atom. The van der Waals surface area contributed by atoms with Gasteiger partial charge >= 0.3 is 0 Å². The fourth-order valence-corrected chi connectivity index (χ4v) is 2.89. The SMILES string of the molecule is CCC(CO)N1CCN(CCOc2ccccc2Cl)CC1. The van der Waals surface area contributed by atoms with Crippen LogP contribution in [-0.2, 0) is 0 Å². The minimum Gasteiger partial charge on any atom is -0.491 e. The number of aliphatic hydroxyl groups is 1. The fourth-order valence-electron chi connectivity index (χ4n) is 2.70. The molecule has 2 rings (SSSR count). The number of piperazine rings is 1. The maximum atomic E-state index is 9.35. The molecule has 0 saturated carbocycles. The molecule has 1 saturated heterocycles. The lowest BCUT2D eigenvalue weighted by atomic mass is 10.1. The highest BCUT2D eigenvalue weighted by atomic mass is 35.5. The van der Waals surface area contributed by atoms with E-state index in [0.717, 1.165) is 44.9 Å². The van der Waals surface area contributed by atoms with Crippen LogP contribution in [0, 0.1) is 0 Å². The van der Waals surface area contributed by atoms with Crippen LogP contribution in [0.5, 0.6) is 5.75 Å². The Bertz CT molecular complexity index is 418. The van der Waals surface area contributed by atoms with Gasteiger partial charge in [0.15, 0.2) is 0 Å². The Morgan fingerprint density at radius 3 is 2.57 bits per heavy atom. The first-order valence-electron chi connectivity index (χ1n) is 7.69. The largest absolute Gasteiger partial charge is 0.491 e. The molecule has 0 radical (unpaired) electrons. The van der Waals surface area contributed by atoms with Gasteiger partial charge in [-0.2, -0.15) is 0 Å². The second-order valence-electron chi connectivity index (χ2n) is 5.40. The van der Waals surface area contributed by atoms with E-state index >= 15 is 0 Å². The van der Waals surface area contributed by atoms with Gasteiger partial charge in [0.1, 0.15) is 12.4 Å². The van der Waals surface area contributed by atoms with Gasteiger partial charge in [-0.05, 0) is 18.6 Å². The summed E-state index contributed by atoms with van der Waals surface area (Å²) in [5, 5.41) is 10.0. The second-order valence-corrected chi connectivity index (χ2v) is 5.81. The molecule has 1 aliphatic rings. The van der Waals surface area contributed by atoms with Crippen LogP contribution in [0.25, 0.3) is 0 Å². The summed E-state index contributed by atoms with van der Waals surface area (Å²) >= 11 is 6.06. The molecule has 0 aliphatic carbocycles. The monoisotopic (exact) mass is 312 g/mol. The van der Waals surface area contributed by atoms with E-state index in [9.17, 15) is 5.11 Å². The Balaban J connectivity index is 1.68. The average Bonchev–Trinajstić information content (AvgIpc) is 2.52. The minimum absolute atomic E-state index is 0.256. The van der Waals surface area contributed by atoms with E-state index in [1.165, 1.54) is 0 Å². The Kier molecular flexibility index (Phi) is 6.77. The van der Waals surface area contributed by atoms with Crippen LogP contribution < -0.4 is 4.74 Å². The van der Waals surface area contributed by atoms with Crippen LogP contribution in [0.3, 0.4) is 0 Å². The van der Waals surface area contributed by atoms with Crippen molar-refractivity contribution in [2.24, 2.45) is 0 Å². The number of ether oxygens (including phenoxy) is 1. The molecule has 0 bridgehead atoms. The van der Waals surface area contributed by atoms with Crippen molar-refractivity contribution in [3.63, 3.8) is 0 Å². The van der Waals surface area contributed by atoms with Gasteiger partial charge < -0.3 is 9.84 Å². The number of hydrogen-bond donors (Lipinski definition) is 1. The van der Waals surface area contributed by atoms with Crippen molar-refractivity contribution >= 4 is 11.6 Å². The molecule has 0 aromatic heterocycles. The van der Waals surface area contributed by atoms with Gasteiger partial charge in [-0.3, -0.25) is 9.80 Å². The van der Waals surface area contributed by atoms with Crippen LogP contribution in [0.2, 0.25) is 5.02 Å². The van der Waals surface area contributed by atoms with Gasteiger partial charge in [-0.15, -0.1) is 0 Å². The van der Waals surface area contributed by atoms with Crippen molar-refractivity contribution in [3.05, 3.63) is 29.3 Å². The van der Waals surface area contributed by atoms with Crippen molar-refractivity contribution in [3.8, 4) is 5.75 Å². The topological polar surface area (TPSA) is 35.9 Å². The van der Waals surface area contributed by atoms with E-state index in [4.69, 9.17) is 16.3 Å². The van der Waals surface area contributed by atoms with Crippen LogP contribution in [0.4, 0.5) is 0 Å². The molecule has 1 heterocycles. The first-order chi connectivity index (χ1) is 10.2. The van der Waals surface area contributed by atoms with E-state index in [2.05, 4.69) is 16.7 Å². The molecule has 1 aromatic rings. The third-order valence-corrected chi connectivity index (χ3v) is 4.42. The lowest BCUT2D eigenvalue weighted by Gasteiger charge is -2.38. The van der Waals surface area contributed by atoms with E-state index in [1.54, 1.807) is 0 Å². The smallest absolute Gasteiger partial charge is 0.137 e. The number of nitrogens with zero attached hydrogens (tertiary/aromatic N) is 2. The summed E-state index contributed by atoms with van der Waals surface area (Å²) in [5.74, 6) is 0.754. The number of para-hydroxylation sites is 1. The number of hydrogen-bond acceptors (Lipinski definition) is 4. The lowest BCUT2D eigenvalue weighted by molar-refractivity contribution is 0.0584. The zero-order chi connectivity index (χ0) is 15.1. The summed E-state index contributed by atoms with van der Waals surface area (Å²) in [5.41, 5.74) is 0. The zero-order valence-electron chi connectivity index (χ0n) is 12.7. The molecule has 118 valence electrons. The summed E-state index contributed by atoms with van der Waals surface area (Å²) in [7, 11) is 0. The van der Waals surface area contributed by atoms with E-state index in [-0.39, 0.29) is 6.61 Å². The molecular formula is C16H25ClN2O2. The van der Waals surface area contributed by atoms with Gasteiger partial charge in [-0.25, -0.2) is 0 Å². The standard InChI is InChI=1S/C16H25ClN2O2/c1-2-14(13-20)19-9-7-18(8-10-19)11-12-21-16-6-4-3-5-15(16)17/h3-6,14,20H,2,7-13H2,1H3. The van der Waals surface area contributed by atoms with Crippen LogP contribution in [0.1, 0.15) is 13.3 Å². The van der Waals surface area contributed by atoms with Crippen LogP contribution in [-0.4, -0.2) is 66.9 Å². The Morgan fingerprint density at radius 1 is 1.24 bits per heavy atom. The van der Waals surface area contributed by atoms with E-state index in [0.29, 0.717) is 17.7 Å². The molecular weight excluding hydrogens is 288 g/mol. The minimum atomic E-state index is 0.256. The summed E-state index contributed by atoms with van der Waals surface area (Å²) in [6.45, 7) is 8.05. The number of aliphatic hydroxyl groups excluding tert-OH is 1. The van der Waals surface area contributed by atoms with Gasteiger partial charge in [-0.1, -0.05) is 30.7 Å². The molecule has 1 aromatic carbocycles. The zero-order valence-corrected chi connectivity index (χ0v) is 13.4. The van der Waals surface area contributed by atoms with Crippen molar-refractivity contribution in [2.75, 3.05) is 45.9 Å². The van der Waals surface area contributed by atoms with Gasteiger partial charge in [0.2, 0.25) is 0 Å². The van der Waals surface area contributed by atoms with Gasteiger partial charge in [0, 0.05) is 38.8 Å². The molecule has 1 unspecified atom stereocenters. The third-order valence-electron chi connectivity index (χ3n) is 4.11. The number of halogens is 1. The average molecular weight is 313 g/mol. The van der Waals surface area contributed by atoms with E-state index in [1.807, 2.05) is 24.3 Å². The maximum absolute atomic E-state index is 9.35. The molecule has 1 N–H and O–H groups in total. The molecule has 4 nitrogen and oxygen atoms in total. The van der Waals surface area contributed by atoms with Crippen molar-refractivity contribution in [1.82, 2.24) is 9.80 Å². The highest BCUT2D eigenvalue weighted by Gasteiger charge is 2.21. The predicted molar refractivity (Wildman–Crippen MR) is 86.1 cm³/mol. The molecule has 0 spiro atoms. The molecule has 5 heteroatoms. The summed E-state index contributed by atoms with van der Waals surface area (Å²) in [6, 6.07) is 7.88. The molecule has 1 aliphatic heterocycles. The molecule has 1 fully saturated rings. The molecule has 1 atom stereocenters. The van der Waals surface area contributed by atoms with Crippen LogP contribution in [0.15, 0.2) is 24.3 Å². The van der Waals surface area contributed by atoms with Gasteiger partial charge in [0.05, 0.1) is 11.6 Å². The number of rotatable bonds is 7. The maximum Gasteiger partial charge on any atom is 0.137 e. The third kappa shape index (κ3) is 4.85. The fraction of sp³-hybridized carbons (Fsp3) is 0.625. The predicted octanol–water partition coefficient (Wildman–Crippen LogP) is 2.11. The first kappa shape index (κ1) is 16.6. The van der Waals surface area contributed by atoms with Gasteiger partial charge in [0.25, 0.3) is 0 Å². The first-order valence-corrected chi connectivity index (χ1v) is 8.07. The number of benzene rings is 1. The van der Waals surface area contributed by atoms with E-state index < -0.39 is 0 Å². The van der Waals surface area contributed by atoms with Crippen molar-refractivity contribution in [1.29, 1.82) is 0 Å². The van der Waals surface area contributed by atoms with Crippen molar-refractivity contribution < 1.29 is 9.84 Å². The Hall–Kier alpha value is -0.810. The normalized spacial score (nSPS) is 18.6. The quantitative estimate of drug-likeness (QED) is 0.836. The lowest BCUT2D eigenvalue weighted by Crippen LogP contribution is -2.51. The second kappa shape index (κ2) is 8.59. The van der Waals surface area contributed by atoms with Crippen LogP contribution >= 0.6 is 11.6 Å². The summed E-state index contributed by atoms with van der Waals surface area (Å²) < 4.78 is 5.73. The summed E-state index contributed by atoms with van der Waals surface area (Å²) in [6.07, 6.45) is 1.01. The summed E-state index contributed by atoms with van der Waals surface area (Å²) in [4.78, 5) is 4.78. The highest BCUT2D eigenvalue weighted by molar-refractivity contribution is 6.32. The highest BCUT2D eigenvalue weighted by Crippen LogP contribution is 2.22. The Labute approximate surface area is 132 Å². The molecule has 0 amide bonds. The molecule has 21 heavy (non-hydrogen) atoms.